The molecule has 2 aromatic heterocycles. The number of anilines is 1. The summed E-state index contributed by atoms with van der Waals surface area (Å²) in [6, 6.07) is 6.97. The Kier molecular flexibility index (Phi) is 4.25. The molecule has 0 bridgehead atoms. The van der Waals surface area contributed by atoms with Gasteiger partial charge in [0.05, 0.1) is 17.4 Å². The number of hydrogen-bond acceptors (Lipinski definition) is 4. The minimum Gasteiger partial charge on any atom is -0.360 e. The summed E-state index contributed by atoms with van der Waals surface area (Å²) in [6.07, 6.45) is -3.96. The number of aromatic nitrogens is 3. The Bertz CT molecular complexity index is 916. The first-order chi connectivity index (χ1) is 11.8. The maximum atomic E-state index is 13.5. The Hall–Kier alpha value is -2.81. The van der Waals surface area contributed by atoms with Crippen LogP contribution in [0.5, 0.6) is 0 Å². The first-order valence-electron chi connectivity index (χ1n) is 6.91. The lowest BCUT2D eigenvalue weighted by molar-refractivity contribution is -0.143. The van der Waals surface area contributed by atoms with Crippen molar-refractivity contribution in [3.05, 3.63) is 58.6 Å². The summed E-state index contributed by atoms with van der Waals surface area (Å²) >= 11 is 5.74. The second-order valence-electron chi connectivity index (χ2n) is 5.07. The zero-order valence-electron chi connectivity index (χ0n) is 12.6. The number of halogens is 4. The van der Waals surface area contributed by atoms with Crippen molar-refractivity contribution in [3.63, 3.8) is 0 Å². The number of alkyl halides is 3. The Morgan fingerprint density at radius 1 is 1.28 bits per heavy atom. The molecule has 0 unspecified atom stereocenters. The smallest absolute Gasteiger partial charge is 0.360 e. The quantitative estimate of drug-likeness (QED) is 0.753. The molecule has 0 saturated heterocycles. The van der Waals surface area contributed by atoms with E-state index in [2.05, 4.69) is 15.6 Å². The normalized spacial score (nSPS) is 11.6. The highest BCUT2D eigenvalue weighted by atomic mass is 35.5. The van der Waals surface area contributed by atoms with Gasteiger partial charge >= 0.3 is 6.18 Å². The molecular weight excluding hydrogens is 361 g/mol. The van der Waals surface area contributed by atoms with Crippen molar-refractivity contribution in [3.8, 4) is 5.69 Å². The average Bonchev–Trinajstić information content (AvgIpc) is 3.14. The number of nitrogens with one attached hydrogen (secondary N) is 1. The number of benzene rings is 1. The summed E-state index contributed by atoms with van der Waals surface area (Å²) in [7, 11) is 0. The van der Waals surface area contributed by atoms with Gasteiger partial charge in [0.1, 0.15) is 5.76 Å². The molecule has 1 amide bonds. The van der Waals surface area contributed by atoms with Crippen LogP contribution in [0.15, 0.2) is 41.1 Å². The van der Waals surface area contributed by atoms with Gasteiger partial charge in [-0.2, -0.15) is 18.3 Å². The summed E-state index contributed by atoms with van der Waals surface area (Å²) in [5.41, 5.74) is -1.72. The van der Waals surface area contributed by atoms with E-state index in [4.69, 9.17) is 16.1 Å². The van der Waals surface area contributed by atoms with Crippen LogP contribution < -0.4 is 5.32 Å². The molecule has 130 valence electrons. The molecule has 0 spiro atoms. The molecule has 25 heavy (non-hydrogen) atoms. The third-order valence-electron chi connectivity index (χ3n) is 3.22. The van der Waals surface area contributed by atoms with Crippen LogP contribution in [0.2, 0.25) is 5.02 Å². The largest absolute Gasteiger partial charge is 0.434 e. The highest BCUT2D eigenvalue weighted by Crippen LogP contribution is 2.34. The van der Waals surface area contributed by atoms with Gasteiger partial charge in [0.15, 0.2) is 11.5 Å². The van der Waals surface area contributed by atoms with E-state index in [0.717, 1.165) is 6.20 Å². The van der Waals surface area contributed by atoms with Crippen molar-refractivity contribution in [2.24, 2.45) is 0 Å². The molecule has 0 aliphatic carbocycles. The summed E-state index contributed by atoms with van der Waals surface area (Å²) in [6.45, 7) is 1.59. The van der Waals surface area contributed by atoms with E-state index >= 15 is 0 Å². The van der Waals surface area contributed by atoms with Gasteiger partial charge in [0, 0.05) is 11.1 Å². The van der Waals surface area contributed by atoms with E-state index in [9.17, 15) is 18.0 Å². The number of rotatable bonds is 3. The molecule has 1 N–H and O–H groups in total. The van der Waals surface area contributed by atoms with Gasteiger partial charge in [-0.15, -0.1) is 0 Å². The molecule has 1 aromatic carbocycles. The van der Waals surface area contributed by atoms with Gasteiger partial charge in [-0.05, 0) is 31.2 Å². The number of carbonyl (C=O) groups is 1. The Balaban J connectivity index is 2.02. The molecule has 3 rings (SSSR count). The van der Waals surface area contributed by atoms with E-state index in [1.165, 1.54) is 30.3 Å². The van der Waals surface area contributed by atoms with Crippen LogP contribution in [0.4, 0.5) is 19.0 Å². The molecule has 2 heterocycles. The Morgan fingerprint density at radius 3 is 2.52 bits per heavy atom. The topological polar surface area (TPSA) is 73.0 Å². The van der Waals surface area contributed by atoms with Crippen molar-refractivity contribution in [2.75, 3.05) is 5.32 Å². The lowest BCUT2D eigenvalue weighted by Crippen LogP contribution is -2.20. The van der Waals surface area contributed by atoms with Gasteiger partial charge < -0.3 is 9.84 Å². The van der Waals surface area contributed by atoms with Crippen molar-refractivity contribution >= 4 is 23.3 Å². The minimum atomic E-state index is -4.80. The molecule has 6 nitrogen and oxygen atoms in total. The fraction of sp³-hybridized carbons (Fsp3) is 0.133. The number of amides is 1. The number of carbonyl (C=O) groups excluding carboxylic acids is 1. The first-order valence-corrected chi connectivity index (χ1v) is 7.29. The van der Waals surface area contributed by atoms with Crippen LogP contribution >= 0.6 is 11.6 Å². The van der Waals surface area contributed by atoms with E-state index in [0.29, 0.717) is 15.5 Å². The van der Waals surface area contributed by atoms with E-state index in [1.807, 2.05) is 0 Å². The molecule has 0 radical (unpaired) electrons. The summed E-state index contributed by atoms with van der Waals surface area (Å²) in [5.74, 6) is -0.584. The molecule has 0 fully saturated rings. The van der Waals surface area contributed by atoms with Crippen LogP contribution in [0.25, 0.3) is 5.69 Å². The summed E-state index contributed by atoms with van der Waals surface area (Å²) < 4.78 is 45.9. The maximum absolute atomic E-state index is 13.5. The van der Waals surface area contributed by atoms with E-state index in [1.54, 1.807) is 6.92 Å². The van der Waals surface area contributed by atoms with Crippen LogP contribution in [-0.4, -0.2) is 20.8 Å². The second kappa shape index (κ2) is 6.25. The van der Waals surface area contributed by atoms with E-state index < -0.39 is 23.3 Å². The lowest BCUT2D eigenvalue weighted by Gasteiger charge is -2.12. The van der Waals surface area contributed by atoms with Gasteiger partial charge in [0.2, 0.25) is 0 Å². The van der Waals surface area contributed by atoms with Gasteiger partial charge in [0.25, 0.3) is 5.91 Å². The lowest BCUT2D eigenvalue weighted by atomic mass is 10.2. The monoisotopic (exact) mass is 370 g/mol. The summed E-state index contributed by atoms with van der Waals surface area (Å²) in [4.78, 5) is 12.2. The summed E-state index contributed by atoms with van der Waals surface area (Å²) in [5, 5.41) is 9.83. The Morgan fingerprint density at radius 2 is 1.96 bits per heavy atom. The predicted octanol–water partition coefficient (Wildman–Crippen LogP) is 4.09. The van der Waals surface area contributed by atoms with Crippen LogP contribution in [0.3, 0.4) is 0 Å². The standard InChI is InChI=1S/C15H10ClF3N4O2/c1-8-6-12(22-25-8)21-14(24)11-7-20-23(13(11)15(17,18)19)10-4-2-9(16)3-5-10/h2-7H,1H3,(H,21,22,24). The first kappa shape index (κ1) is 17.0. The SMILES string of the molecule is Cc1cc(NC(=O)c2cnn(-c3ccc(Cl)cc3)c2C(F)(F)F)no1. The number of aryl methyl sites for hydroxylation is 1. The molecule has 3 aromatic rings. The fourth-order valence-corrected chi connectivity index (χ4v) is 2.30. The molecule has 0 aliphatic heterocycles. The van der Waals surface area contributed by atoms with Crippen molar-refractivity contribution < 1.29 is 22.5 Å². The molecule has 10 heteroatoms. The maximum Gasteiger partial charge on any atom is 0.434 e. The number of nitrogens with zero attached hydrogens (tertiary/aromatic N) is 3. The van der Waals surface area contributed by atoms with Crippen molar-refractivity contribution in [1.82, 2.24) is 14.9 Å². The predicted molar refractivity (Wildman–Crippen MR) is 82.8 cm³/mol. The van der Waals surface area contributed by atoms with Crippen LogP contribution in [0, 0.1) is 6.92 Å². The average molecular weight is 371 g/mol. The van der Waals surface area contributed by atoms with Crippen LogP contribution in [0.1, 0.15) is 21.8 Å². The van der Waals surface area contributed by atoms with E-state index in [-0.39, 0.29) is 11.5 Å². The minimum absolute atomic E-state index is 0.00914. The zero-order chi connectivity index (χ0) is 18.2. The van der Waals surface area contributed by atoms with Crippen LogP contribution in [-0.2, 0) is 6.18 Å². The number of hydrogen-bond donors (Lipinski definition) is 1. The van der Waals surface area contributed by atoms with Gasteiger partial charge in [-0.3, -0.25) is 4.79 Å². The molecule has 0 aliphatic rings. The van der Waals surface area contributed by atoms with Gasteiger partial charge in [-0.1, -0.05) is 16.8 Å². The fourth-order valence-electron chi connectivity index (χ4n) is 2.17. The second-order valence-corrected chi connectivity index (χ2v) is 5.51. The molecule has 0 atom stereocenters. The molecular formula is C15H10ClF3N4O2. The Labute approximate surface area is 144 Å². The highest BCUT2D eigenvalue weighted by Gasteiger charge is 2.40. The van der Waals surface area contributed by atoms with Gasteiger partial charge in [-0.25, -0.2) is 4.68 Å². The van der Waals surface area contributed by atoms with Crippen molar-refractivity contribution in [1.29, 1.82) is 0 Å². The third-order valence-corrected chi connectivity index (χ3v) is 3.48. The third kappa shape index (κ3) is 3.50. The highest BCUT2D eigenvalue weighted by molar-refractivity contribution is 6.30. The molecule has 0 saturated carbocycles. The van der Waals surface area contributed by atoms with Crippen molar-refractivity contribution in [2.45, 2.75) is 13.1 Å². The zero-order valence-corrected chi connectivity index (χ0v) is 13.4.